The Kier molecular flexibility index (Phi) is 3.94. The summed E-state index contributed by atoms with van der Waals surface area (Å²) in [6.45, 7) is 3.26. The fraction of sp³-hybridized carbons (Fsp3) is 0.286. The van der Waals surface area contributed by atoms with Gasteiger partial charge < -0.3 is 25.2 Å². The summed E-state index contributed by atoms with van der Waals surface area (Å²) in [5, 5.41) is 0. The van der Waals surface area contributed by atoms with Crippen LogP contribution in [0.15, 0.2) is 34.7 Å². The van der Waals surface area contributed by atoms with E-state index in [1.54, 1.807) is 0 Å². The minimum atomic E-state index is -0.316. The molecule has 8 nitrogen and oxygen atoms in total. The van der Waals surface area contributed by atoms with Crippen molar-refractivity contribution in [2.75, 3.05) is 12.3 Å². The molecule has 0 saturated heterocycles. The number of hydrogen-bond donors (Lipinski definition) is 2. The van der Waals surface area contributed by atoms with Gasteiger partial charge in [0.05, 0.1) is 12.1 Å². The molecule has 1 aliphatic rings. The highest BCUT2D eigenvalue weighted by atomic mass is 16.5. The first-order valence-electron chi connectivity index (χ1n) is 9.61. The average Bonchev–Trinajstić information content (AvgIpc) is 3.15. The van der Waals surface area contributed by atoms with E-state index in [4.69, 9.17) is 25.6 Å². The Bertz CT molecular complexity index is 1260. The number of rotatable bonds is 4. The minimum Gasteiger partial charge on any atom is -0.491 e. The lowest BCUT2D eigenvalue weighted by molar-refractivity contribution is -0.121. The van der Waals surface area contributed by atoms with Gasteiger partial charge in [0, 0.05) is 18.0 Å². The monoisotopic (exact) mass is 391 g/mol. The molecule has 8 heteroatoms. The van der Waals surface area contributed by atoms with E-state index in [1.807, 2.05) is 37.3 Å². The van der Waals surface area contributed by atoms with Crippen molar-refractivity contribution in [1.82, 2.24) is 14.5 Å². The molecule has 4 N–H and O–H groups in total. The number of imidazole rings is 1. The normalized spacial score (nSPS) is 14.7. The lowest BCUT2D eigenvalue weighted by Gasteiger charge is -2.10. The standard InChI is InChI=1S/C21H21N5O3/c1-11(19(22)27)7-12-8-15-18-17(9-12)28-6-2-5-26(18)20(24-15)13-3-4-16-14(10-13)25-21(23)29-16/h3-4,8-11H,2,5-7H2,1H3,(H2,22,27)(H2,23,25)/t11-/m1/s1. The van der Waals surface area contributed by atoms with Gasteiger partial charge in [0.15, 0.2) is 5.58 Å². The Balaban J connectivity index is 1.67. The number of oxazole rings is 1. The van der Waals surface area contributed by atoms with Crippen LogP contribution in [0.2, 0.25) is 0 Å². The first-order valence-corrected chi connectivity index (χ1v) is 9.61. The van der Waals surface area contributed by atoms with Crippen molar-refractivity contribution in [2.45, 2.75) is 26.3 Å². The van der Waals surface area contributed by atoms with Gasteiger partial charge in [0.1, 0.15) is 22.6 Å². The molecular formula is C21H21N5O3. The predicted octanol–water partition coefficient (Wildman–Crippen LogP) is 2.87. The number of ether oxygens (including phenoxy) is 1. The van der Waals surface area contributed by atoms with Gasteiger partial charge in [-0.25, -0.2) is 4.98 Å². The van der Waals surface area contributed by atoms with Gasteiger partial charge in [0.2, 0.25) is 5.91 Å². The van der Waals surface area contributed by atoms with Crippen LogP contribution in [0.3, 0.4) is 0 Å². The van der Waals surface area contributed by atoms with E-state index >= 15 is 0 Å². The maximum atomic E-state index is 11.5. The predicted molar refractivity (Wildman–Crippen MR) is 109 cm³/mol. The molecule has 0 saturated carbocycles. The van der Waals surface area contributed by atoms with Crippen molar-refractivity contribution in [3.8, 4) is 17.1 Å². The van der Waals surface area contributed by atoms with Gasteiger partial charge in [-0.2, -0.15) is 4.98 Å². The number of nitrogens with zero attached hydrogens (tertiary/aromatic N) is 3. The second-order valence-electron chi connectivity index (χ2n) is 7.49. The third-order valence-electron chi connectivity index (χ3n) is 5.34. The number of aryl methyl sites for hydroxylation is 1. The summed E-state index contributed by atoms with van der Waals surface area (Å²) in [4.78, 5) is 20.6. The number of amides is 1. The number of carbonyl (C=O) groups excluding carboxylic acids is 1. The Morgan fingerprint density at radius 3 is 2.93 bits per heavy atom. The number of anilines is 1. The van der Waals surface area contributed by atoms with Crippen molar-refractivity contribution in [1.29, 1.82) is 0 Å². The highest BCUT2D eigenvalue weighted by Crippen LogP contribution is 2.35. The van der Waals surface area contributed by atoms with Gasteiger partial charge in [-0.3, -0.25) is 4.79 Å². The maximum absolute atomic E-state index is 11.5. The number of benzene rings is 2. The van der Waals surface area contributed by atoms with Crippen LogP contribution in [0, 0.1) is 5.92 Å². The number of hydrogen-bond acceptors (Lipinski definition) is 6. The van der Waals surface area contributed by atoms with Crippen molar-refractivity contribution in [3.63, 3.8) is 0 Å². The Morgan fingerprint density at radius 2 is 2.10 bits per heavy atom. The summed E-state index contributed by atoms with van der Waals surface area (Å²) in [7, 11) is 0. The van der Waals surface area contributed by atoms with Gasteiger partial charge in [0.25, 0.3) is 6.01 Å². The van der Waals surface area contributed by atoms with Gasteiger partial charge in [-0.05, 0) is 48.7 Å². The van der Waals surface area contributed by atoms with Crippen molar-refractivity contribution >= 4 is 34.1 Å². The molecule has 0 bridgehead atoms. The fourth-order valence-electron chi connectivity index (χ4n) is 3.89. The van der Waals surface area contributed by atoms with Crippen molar-refractivity contribution in [3.05, 3.63) is 35.9 Å². The molecule has 0 fully saturated rings. The Hall–Kier alpha value is -3.55. The lowest BCUT2D eigenvalue weighted by Crippen LogP contribution is -2.22. The molecule has 29 heavy (non-hydrogen) atoms. The van der Waals surface area contributed by atoms with E-state index in [0.29, 0.717) is 24.1 Å². The van der Waals surface area contributed by atoms with Crippen molar-refractivity contribution < 1.29 is 13.9 Å². The van der Waals surface area contributed by atoms with Crippen molar-refractivity contribution in [2.24, 2.45) is 11.7 Å². The summed E-state index contributed by atoms with van der Waals surface area (Å²) in [5.41, 5.74) is 16.2. The third kappa shape index (κ3) is 2.97. The second-order valence-corrected chi connectivity index (χ2v) is 7.49. The lowest BCUT2D eigenvalue weighted by atomic mass is 10.00. The summed E-state index contributed by atoms with van der Waals surface area (Å²) in [6, 6.07) is 9.90. The molecule has 1 atom stereocenters. The number of nitrogens with two attached hydrogens (primary N) is 2. The average molecular weight is 391 g/mol. The van der Waals surface area contributed by atoms with Crippen LogP contribution in [0.5, 0.6) is 5.75 Å². The van der Waals surface area contributed by atoms with Crippen LogP contribution < -0.4 is 16.2 Å². The van der Waals surface area contributed by atoms with Crippen LogP contribution in [0.4, 0.5) is 6.01 Å². The zero-order valence-electron chi connectivity index (χ0n) is 16.0. The Morgan fingerprint density at radius 1 is 1.24 bits per heavy atom. The van der Waals surface area contributed by atoms with E-state index in [2.05, 4.69) is 9.55 Å². The molecular weight excluding hydrogens is 370 g/mol. The fourth-order valence-corrected chi connectivity index (χ4v) is 3.89. The molecule has 4 aromatic rings. The molecule has 2 aromatic heterocycles. The Labute approximate surface area is 166 Å². The number of nitrogen functional groups attached to an aromatic ring is 1. The molecule has 2 aromatic carbocycles. The summed E-state index contributed by atoms with van der Waals surface area (Å²) in [6.07, 6.45) is 1.42. The molecule has 0 unspecified atom stereocenters. The van der Waals surface area contributed by atoms with Gasteiger partial charge in [-0.1, -0.05) is 6.92 Å². The van der Waals surface area contributed by atoms with E-state index < -0.39 is 0 Å². The maximum Gasteiger partial charge on any atom is 0.292 e. The molecule has 0 spiro atoms. The van der Waals surface area contributed by atoms with Crippen LogP contribution in [-0.4, -0.2) is 27.0 Å². The third-order valence-corrected chi connectivity index (χ3v) is 5.34. The topological polar surface area (TPSA) is 122 Å². The second kappa shape index (κ2) is 6.51. The summed E-state index contributed by atoms with van der Waals surface area (Å²) < 4.78 is 13.6. The quantitative estimate of drug-likeness (QED) is 0.551. The summed E-state index contributed by atoms with van der Waals surface area (Å²) >= 11 is 0. The van der Waals surface area contributed by atoms with Gasteiger partial charge in [-0.15, -0.1) is 0 Å². The van der Waals surface area contributed by atoms with Crippen LogP contribution >= 0.6 is 0 Å². The van der Waals surface area contributed by atoms with Crippen LogP contribution in [-0.2, 0) is 17.8 Å². The number of fused-ring (bicyclic) bond motifs is 1. The highest BCUT2D eigenvalue weighted by molar-refractivity contribution is 5.89. The van der Waals surface area contributed by atoms with E-state index in [-0.39, 0.29) is 17.8 Å². The minimum absolute atomic E-state index is 0.146. The first-order chi connectivity index (χ1) is 14.0. The molecule has 5 rings (SSSR count). The van der Waals surface area contributed by atoms with Crippen LogP contribution in [0.1, 0.15) is 18.9 Å². The molecule has 1 aliphatic heterocycles. The van der Waals surface area contributed by atoms with E-state index in [9.17, 15) is 4.79 Å². The first kappa shape index (κ1) is 17.5. The zero-order valence-corrected chi connectivity index (χ0v) is 16.0. The largest absolute Gasteiger partial charge is 0.491 e. The zero-order chi connectivity index (χ0) is 20.1. The number of aromatic nitrogens is 3. The molecule has 1 amide bonds. The van der Waals surface area contributed by atoms with E-state index in [1.165, 1.54) is 0 Å². The van der Waals surface area contributed by atoms with Crippen LogP contribution in [0.25, 0.3) is 33.5 Å². The smallest absolute Gasteiger partial charge is 0.292 e. The number of carbonyl (C=O) groups is 1. The highest BCUT2D eigenvalue weighted by Gasteiger charge is 2.21. The SMILES string of the molecule is C[C@H](Cc1cc2c3c(c1)nc(-c1ccc4oc(N)nc4c1)n3CCCO2)C(N)=O. The number of primary amides is 1. The molecule has 148 valence electrons. The van der Waals surface area contributed by atoms with E-state index in [0.717, 1.165) is 46.7 Å². The molecule has 0 aliphatic carbocycles. The van der Waals surface area contributed by atoms with Gasteiger partial charge >= 0.3 is 0 Å². The molecule has 0 radical (unpaired) electrons. The molecule has 3 heterocycles. The summed E-state index contributed by atoms with van der Waals surface area (Å²) in [5.74, 6) is 1.06.